The predicted molar refractivity (Wildman–Crippen MR) is 105 cm³/mol. The highest BCUT2D eigenvalue weighted by Crippen LogP contribution is 2.31. The first kappa shape index (κ1) is 15.9. The predicted octanol–water partition coefficient (Wildman–Crippen LogP) is 5.72. The lowest BCUT2D eigenvalue weighted by atomic mass is 10.0. The van der Waals surface area contributed by atoms with E-state index in [9.17, 15) is 0 Å². The Bertz CT molecular complexity index is 1010. The maximum Gasteiger partial charge on any atom is 0.183 e. The molecule has 1 aromatic heterocycles. The van der Waals surface area contributed by atoms with E-state index in [-0.39, 0.29) is 0 Å². The first-order valence-corrected chi connectivity index (χ1v) is 8.50. The molecule has 0 fully saturated rings. The van der Waals surface area contributed by atoms with Gasteiger partial charge in [0.05, 0.1) is 0 Å². The highest BCUT2D eigenvalue weighted by atomic mass is 16.5. The minimum Gasteiger partial charge on any atom is -0.354 e. The lowest BCUT2D eigenvalue weighted by molar-refractivity contribution is 0.435. The second-order valence-corrected chi connectivity index (χ2v) is 6.08. The minimum absolute atomic E-state index is 0.698. The number of rotatable bonds is 2. The molecule has 2 nitrogen and oxygen atoms in total. The fraction of sp³-hybridized carbons (Fsp3) is 0.0417. The van der Waals surface area contributed by atoms with E-state index >= 15 is 0 Å². The van der Waals surface area contributed by atoms with Crippen LogP contribution < -0.4 is 0 Å². The molecule has 4 rings (SSSR count). The Labute approximate surface area is 153 Å². The molecule has 0 N–H and O–H groups in total. The summed E-state index contributed by atoms with van der Waals surface area (Å²) in [6.45, 7) is 2.07. The Morgan fingerprint density at radius 1 is 0.692 bits per heavy atom. The topological polar surface area (TPSA) is 26.0 Å². The molecule has 2 heteroatoms. The summed E-state index contributed by atoms with van der Waals surface area (Å²) in [4.78, 5) is 0. The molecular weight excluding hydrogens is 318 g/mol. The molecule has 0 radical (unpaired) electrons. The van der Waals surface area contributed by atoms with Crippen molar-refractivity contribution in [3.8, 4) is 34.4 Å². The zero-order valence-corrected chi connectivity index (χ0v) is 14.4. The number of aryl methyl sites for hydroxylation is 1. The molecule has 124 valence electrons. The van der Waals surface area contributed by atoms with Crippen LogP contribution >= 0.6 is 0 Å². The van der Waals surface area contributed by atoms with Crippen LogP contribution in [0.15, 0.2) is 89.5 Å². The third kappa shape index (κ3) is 3.29. The van der Waals surface area contributed by atoms with Crippen LogP contribution in [-0.2, 0) is 0 Å². The van der Waals surface area contributed by atoms with E-state index in [1.54, 1.807) is 0 Å². The number of hydrogen-bond acceptors (Lipinski definition) is 2. The minimum atomic E-state index is 0.698. The third-order valence-corrected chi connectivity index (χ3v) is 4.16. The van der Waals surface area contributed by atoms with Crippen molar-refractivity contribution in [3.05, 3.63) is 102 Å². The molecular formula is C24H17NO. The second kappa shape index (κ2) is 7.13. The van der Waals surface area contributed by atoms with Gasteiger partial charge in [0.1, 0.15) is 11.3 Å². The van der Waals surface area contributed by atoms with Gasteiger partial charge in [0.2, 0.25) is 0 Å². The summed E-state index contributed by atoms with van der Waals surface area (Å²) in [7, 11) is 0. The Morgan fingerprint density at radius 2 is 1.31 bits per heavy atom. The Kier molecular flexibility index (Phi) is 4.37. The molecule has 0 saturated carbocycles. The summed E-state index contributed by atoms with van der Waals surface area (Å²) in [5.74, 6) is 7.23. The van der Waals surface area contributed by atoms with Gasteiger partial charge in [0, 0.05) is 16.7 Å². The molecule has 0 bridgehead atoms. The molecule has 0 aliphatic heterocycles. The summed E-state index contributed by atoms with van der Waals surface area (Å²) in [5, 5.41) is 4.31. The monoisotopic (exact) mass is 335 g/mol. The quantitative estimate of drug-likeness (QED) is 0.438. The molecule has 3 aromatic carbocycles. The zero-order chi connectivity index (χ0) is 17.8. The van der Waals surface area contributed by atoms with Crippen molar-refractivity contribution in [2.24, 2.45) is 0 Å². The average Bonchev–Trinajstić information content (AvgIpc) is 3.13. The lowest BCUT2D eigenvalue weighted by Gasteiger charge is -1.99. The van der Waals surface area contributed by atoms with Crippen LogP contribution in [0.2, 0.25) is 0 Å². The third-order valence-electron chi connectivity index (χ3n) is 4.16. The first-order chi connectivity index (χ1) is 12.8. The van der Waals surface area contributed by atoms with Crippen LogP contribution in [0.25, 0.3) is 22.6 Å². The van der Waals surface area contributed by atoms with Crippen molar-refractivity contribution < 1.29 is 4.52 Å². The molecule has 0 atom stereocenters. The normalized spacial score (nSPS) is 10.2. The fourth-order valence-electron chi connectivity index (χ4n) is 2.76. The van der Waals surface area contributed by atoms with E-state index in [1.807, 2.05) is 72.8 Å². The molecule has 0 saturated heterocycles. The number of benzene rings is 3. The maximum absolute atomic E-state index is 5.69. The largest absolute Gasteiger partial charge is 0.354 e. The molecule has 0 spiro atoms. The molecule has 0 amide bonds. The summed E-state index contributed by atoms with van der Waals surface area (Å²) < 4.78 is 5.69. The molecule has 0 aliphatic rings. The van der Waals surface area contributed by atoms with Gasteiger partial charge in [-0.2, -0.15) is 0 Å². The van der Waals surface area contributed by atoms with Gasteiger partial charge in [0.25, 0.3) is 0 Å². The van der Waals surface area contributed by atoms with E-state index in [0.717, 1.165) is 27.9 Å². The fourth-order valence-corrected chi connectivity index (χ4v) is 2.76. The van der Waals surface area contributed by atoms with Crippen molar-refractivity contribution in [2.45, 2.75) is 6.92 Å². The highest BCUT2D eigenvalue weighted by molar-refractivity contribution is 5.77. The molecule has 1 heterocycles. The van der Waals surface area contributed by atoms with Crippen molar-refractivity contribution in [1.82, 2.24) is 5.16 Å². The summed E-state index contributed by atoms with van der Waals surface area (Å²) in [5.41, 5.74) is 5.72. The van der Waals surface area contributed by atoms with Crippen LogP contribution in [0.5, 0.6) is 0 Å². The van der Waals surface area contributed by atoms with Crippen molar-refractivity contribution in [1.29, 1.82) is 0 Å². The standard InChI is InChI=1S/C24H17NO/c1-18-12-14-19(15-13-18)16-17-22-23(20-8-4-2-5-9-20)25-26-24(22)21-10-6-3-7-11-21/h2-15H,1H3. The Balaban J connectivity index is 1.85. The summed E-state index contributed by atoms with van der Waals surface area (Å²) in [6, 6.07) is 28.1. The van der Waals surface area contributed by atoms with Gasteiger partial charge < -0.3 is 4.52 Å². The Hall–Kier alpha value is -3.57. The smallest absolute Gasteiger partial charge is 0.183 e. The zero-order valence-electron chi connectivity index (χ0n) is 14.4. The number of hydrogen-bond donors (Lipinski definition) is 0. The Morgan fingerprint density at radius 3 is 1.96 bits per heavy atom. The van der Waals surface area contributed by atoms with Crippen LogP contribution in [-0.4, -0.2) is 5.16 Å². The van der Waals surface area contributed by atoms with Gasteiger partial charge in [-0.15, -0.1) is 0 Å². The van der Waals surface area contributed by atoms with Gasteiger partial charge in [-0.05, 0) is 19.1 Å². The van der Waals surface area contributed by atoms with E-state index in [2.05, 4.69) is 36.1 Å². The van der Waals surface area contributed by atoms with Gasteiger partial charge in [0.15, 0.2) is 5.76 Å². The molecule has 4 aromatic rings. The van der Waals surface area contributed by atoms with E-state index in [1.165, 1.54) is 5.56 Å². The van der Waals surface area contributed by atoms with E-state index in [0.29, 0.717) is 5.76 Å². The van der Waals surface area contributed by atoms with E-state index in [4.69, 9.17) is 4.52 Å². The molecule has 26 heavy (non-hydrogen) atoms. The lowest BCUT2D eigenvalue weighted by Crippen LogP contribution is -1.84. The van der Waals surface area contributed by atoms with Crippen molar-refractivity contribution >= 4 is 0 Å². The first-order valence-electron chi connectivity index (χ1n) is 8.50. The van der Waals surface area contributed by atoms with Crippen LogP contribution in [0.3, 0.4) is 0 Å². The maximum atomic E-state index is 5.69. The molecule has 0 aliphatic carbocycles. The second-order valence-electron chi connectivity index (χ2n) is 6.08. The van der Waals surface area contributed by atoms with Crippen LogP contribution in [0, 0.1) is 18.8 Å². The summed E-state index contributed by atoms with van der Waals surface area (Å²) >= 11 is 0. The van der Waals surface area contributed by atoms with Gasteiger partial charge in [-0.3, -0.25) is 0 Å². The van der Waals surface area contributed by atoms with E-state index < -0.39 is 0 Å². The van der Waals surface area contributed by atoms with Gasteiger partial charge >= 0.3 is 0 Å². The van der Waals surface area contributed by atoms with Crippen molar-refractivity contribution in [3.63, 3.8) is 0 Å². The number of aromatic nitrogens is 1. The summed E-state index contributed by atoms with van der Waals surface area (Å²) in [6.07, 6.45) is 0. The SMILES string of the molecule is Cc1ccc(C#Cc2c(-c3ccccc3)noc2-c2ccccc2)cc1. The highest BCUT2D eigenvalue weighted by Gasteiger charge is 2.17. The van der Waals surface area contributed by atoms with Crippen molar-refractivity contribution in [2.75, 3.05) is 0 Å². The average molecular weight is 335 g/mol. The van der Waals surface area contributed by atoms with Crippen LogP contribution in [0.1, 0.15) is 16.7 Å². The van der Waals surface area contributed by atoms with Gasteiger partial charge in [-0.1, -0.05) is 95.4 Å². The van der Waals surface area contributed by atoms with Crippen LogP contribution in [0.4, 0.5) is 0 Å². The molecule has 0 unspecified atom stereocenters. The van der Waals surface area contributed by atoms with Gasteiger partial charge in [-0.25, -0.2) is 0 Å². The number of nitrogens with zero attached hydrogens (tertiary/aromatic N) is 1.